The van der Waals surface area contributed by atoms with Gasteiger partial charge in [-0.25, -0.2) is 0 Å². The topological polar surface area (TPSA) is 64.4 Å². The number of carbonyl (C=O) groups excluding carboxylic acids is 1. The van der Waals surface area contributed by atoms with Gasteiger partial charge in [-0.2, -0.15) is 0 Å². The number of rotatable bonds is 6. The average Bonchev–Trinajstić information content (AvgIpc) is 2.36. The Morgan fingerprint density at radius 2 is 2.18 bits per heavy atom. The molecule has 3 N–H and O–H groups in total. The zero-order valence-corrected chi connectivity index (χ0v) is 10.4. The molecule has 0 heterocycles. The van der Waals surface area contributed by atoms with E-state index in [-0.39, 0.29) is 11.8 Å². The molecule has 1 aromatic carbocycles. The smallest absolute Gasteiger partial charge is 0.228 e. The molecule has 0 aliphatic heterocycles. The Morgan fingerprint density at radius 1 is 1.47 bits per heavy atom. The second-order valence-corrected chi connectivity index (χ2v) is 3.91. The Bertz CT molecular complexity index is 366. The van der Waals surface area contributed by atoms with Crippen LogP contribution in [-0.4, -0.2) is 19.6 Å². The molecule has 0 aliphatic carbocycles. The summed E-state index contributed by atoms with van der Waals surface area (Å²) >= 11 is 0. The Balaban J connectivity index is 2.72. The van der Waals surface area contributed by atoms with Crippen LogP contribution in [0.3, 0.4) is 0 Å². The van der Waals surface area contributed by atoms with E-state index < -0.39 is 0 Å². The molecule has 1 atom stereocenters. The van der Waals surface area contributed by atoms with Crippen molar-refractivity contribution < 1.29 is 9.53 Å². The molecule has 1 amide bonds. The van der Waals surface area contributed by atoms with Crippen molar-refractivity contribution in [3.63, 3.8) is 0 Å². The third-order valence-electron chi connectivity index (χ3n) is 2.66. The maximum Gasteiger partial charge on any atom is 0.228 e. The molecule has 0 radical (unpaired) electrons. The highest BCUT2D eigenvalue weighted by Crippen LogP contribution is 2.23. The lowest BCUT2D eigenvalue weighted by molar-refractivity contribution is -0.119. The molecule has 0 fully saturated rings. The van der Waals surface area contributed by atoms with Gasteiger partial charge in [0.15, 0.2) is 0 Å². The van der Waals surface area contributed by atoms with Crippen LogP contribution in [0.1, 0.15) is 19.8 Å². The van der Waals surface area contributed by atoms with Crippen LogP contribution in [0, 0.1) is 5.92 Å². The van der Waals surface area contributed by atoms with E-state index in [2.05, 4.69) is 5.32 Å². The lowest BCUT2D eigenvalue weighted by Crippen LogP contribution is -2.29. The summed E-state index contributed by atoms with van der Waals surface area (Å²) in [6.07, 6.45) is 1.75. The number of amides is 1. The number of nitrogens with one attached hydrogen (secondary N) is 1. The minimum atomic E-state index is -0.134. The maximum atomic E-state index is 12.0. The Kier molecular flexibility index (Phi) is 5.49. The number of benzene rings is 1. The monoisotopic (exact) mass is 236 g/mol. The first-order chi connectivity index (χ1) is 8.22. The third-order valence-corrected chi connectivity index (χ3v) is 2.66. The molecule has 0 spiro atoms. The summed E-state index contributed by atoms with van der Waals surface area (Å²) in [5.41, 5.74) is 6.28. The van der Waals surface area contributed by atoms with Crippen molar-refractivity contribution in [3.8, 4) is 5.75 Å². The van der Waals surface area contributed by atoms with Crippen molar-refractivity contribution in [1.82, 2.24) is 0 Å². The van der Waals surface area contributed by atoms with Crippen LogP contribution in [0.4, 0.5) is 5.69 Å². The predicted molar refractivity (Wildman–Crippen MR) is 69.1 cm³/mol. The number of ether oxygens (including phenoxy) is 1. The van der Waals surface area contributed by atoms with Crippen molar-refractivity contribution in [1.29, 1.82) is 0 Å². The average molecular weight is 236 g/mol. The molecule has 4 heteroatoms. The fourth-order valence-corrected chi connectivity index (χ4v) is 1.69. The summed E-state index contributed by atoms with van der Waals surface area (Å²) in [6, 6.07) is 7.35. The summed E-state index contributed by atoms with van der Waals surface area (Å²) in [6.45, 7) is 2.41. The van der Waals surface area contributed by atoms with Crippen molar-refractivity contribution in [2.75, 3.05) is 19.0 Å². The Hall–Kier alpha value is -1.55. The van der Waals surface area contributed by atoms with E-state index in [0.717, 1.165) is 12.8 Å². The van der Waals surface area contributed by atoms with E-state index in [9.17, 15) is 4.79 Å². The molecule has 0 saturated carbocycles. The lowest BCUT2D eigenvalue weighted by Gasteiger charge is -2.15. The summed E-state index contributed by atoms with van der Waals surface area (Å²) in [5, 5.41) is 2.85. The van der Waals surface area contributed by atoms with Gasteiger partial charge in [0.1, 0.15) is 5.75 Å². The molecule has 0 bridgehead atoms. The summed E-state index contributed by atoms with van der Waals surface area (Å²) in [4.78, 5) is 12.0. The van der Waals surface area contributed by atoms with Gasteiger partial charge in [0.25, 0.3) is 0 Å². The molecular formula is C13H20N2O2. The van der Waals surface area contributed by atoms with Gasteiger partial charge in [-0.05, 0) is 18.6 Å². The van der Waals surface area contributed by atoms with Gasteiger partial charge in [0, 0.05) is 6.54 Å². The SMILES string of the molecule is CCCC(CN)C(=O)Nc1ccccc1OC. The predicted octanol–water partition coefficient (Wildman–Crippen LogP) is 2.01. The first kappa shape index (κ1) is 13.5. The molecule has 1 rings (SSSR count). The summed E-state index contributed by atoms with van der Waals surface area (Å²) < 4.78 is 5.17. The molecule has 17 heavy (non-hydrogen) atoms. The van der Waals surface area contributed by atoms with Crippen LogP contribution < -0.4 is 15.8 Å². The van der Waals surface area contributed by atoms with E-state index in [1.165, 1.54) is 0 Å². The van der Waals surface area contributed by atoms with Crippen LogP contribution >= 0.6 is 0 Å². The minimum absolute atomic E-state index is 0.0427. The largest absolute Gasteiger partial charge is 0.495 e. The molecule has 94 valence electrons. The summed E-state index contributed by atoms with van der Waals surface area (Å²) in [7, 11) is 1.58. The normalized spacial score (nSPS) is 11.9. The fraction of sp³-hybridized carbons (Fsp3) is 0.462. The van der Waals surface area contributed by atoms with Gasteiger partial charge < -0.3 is 15.8 Å². The Labute approximate surface area is 102 Å². The molecule has 0 aromatic heterocycles. The van der Waals surface area contributed by atoms with Crippen LogP contribution in [0.15, 0.2) is 24.3 Å². The highest BCUT2D eigenvalue weighted by molar-refractivity contribution is 5.94. The van der Waals surface area contributed by atoms with Crippen LogP contribution in [0.25, 0.3) is 0 Å². The fourth-order valence-electron chi connectivity index (χ4n) is 1.69. The number of hydrogen-bond acceptors (Lipinski definition) is 3. The van der Waals surface area contributed by atoms with E-state index in [1.807, 2.05) is 31.2 Å². The quantitative estimate of drug-likeness (QED) is 0.794. The number of methoxy groups -OCH3 is 1. The van der Waals surface area contributed by atoms with Gasteiger partial charge >= 0.3 is 0 Å². The zero-order chi connectivity index (χ0) is 12.7. The first-order valence-corrected chi connectivity index (χ1v) is 5.86. The van der Waals surface area contributed by atoms with Crippen molar-refractivity contribution in [2.45, 2.75) is 19.8 Å². The maximum absolute atomic E-state index is 12.0. The van der Waals surface area contributed by atoms with E-state index >= 15 is 0 Å². The second-order valence-electron chi connectivity index (χ2n) is 3.91. The van der Waals surface area contributed by atoms with Gasteiger partial charge in [0.05, 0.1) is 18.7 Å². The van der Waals surface area contributed by atoms with E-state index in [4.69, 9.17) is 10.5 Å². The van der Waals surface area contributed by atoms with Crippen LogP contribution in [0.5, 0.6) is 5.75 Å². The first-order valence-electron chi connectivity index (χ1n) is 5.86. The zero-order valence-electron chi connectivity index (χ0n) is 10.4. The highest BCUT2D eigenvalue weighted by atomic mass is 16.5. The van der Waals surface area contributed by atoms with Crippen molar-refractivity contribution >= 4 is 11.6 Å². The number of nitrogens with two attached hydrogens (primary N) is 1. The van der Waals surface area contributed by atoms with E-state index in [0.29, 0.717) is 18.0 Å². The van der Waals surface area contributed by atoms with Crippen LogP contribution in [-0.2, 0) is 4.79 Å². The molecule has 4 nitrogen and oxygen atoms in total. The number of para-hydroxylation sites is 2. The molecule has 0 aliphatic rings. The van der Waals surface area contributed by atoms with E-state index in [1.54, 1.807) is 7.11 Å². The number of hydrogen-bond donors (Lipinski definition) is 2. The molecule has 1 unspecified atom stereocenters. The van der Waals surface area contributed by atoms with Crippen molar-refractivity contribution in [3.05, 3.63) is 24.3 Å². The highest BCUT2D eigenvalue weighted by Gasteiger charge is 2.16. The Morgan fingerprint density at radius 3 is 2.76 bits per heavy atom. The van der Waals surface area contributed by atoms with Gasteiger partial charge in [0.2, 0.25) is 5.91 Å². The molecule has 1 aromatic rings. The lowest BCUT2D eigenvalue weighted by atomic mass is 10.0. The molecular weight excluding hydrogens is 216 g/mol. The van der Waals surface area contributed by atoms with Gasteiger partial charge in [-0.15, -0.1) is 0 Å². The van der Waals surface area contributed by atoms with Crippen molar-refractivity contribution in [2.24, 2.45) is 11.7 Å². The standard InChI is InChI=1S/C13H20N2O2/c1-3-6-10(9-14)13(16)15-11-7-4-5-8-12(11)17-2/h4-5,7-8,10H,3,6,9,14H2,1-2H3,(H,15,16). The number of carbonyl (C=O) groups is 1. The third kappa shape index (κ3) is 3.75. The van der Waals surface area contributed by atoms with Gasteiger partial charge in [-0.1, -0.05) is 25.5 Å². The second kappa shape index (κ2) is 6.91. The number of anilines is 1. The van der Waals surface area contributed by atoms with Crippen LogP contribution in [0.2, 0.25) is 0 Å². The summed E-state index contributed by atoms with van der Waals surface area (Å²) in [5.74, 6) is 0.483. The van der Waals surface area contributed by atoms with Gasteiger partial charge in [-0.3, -0.25) is 4.79 Å². The molecule has 0 saturated heterocycles. The minimum Gasteiger partial charge on any atom is -0.495 e.